The highest BCUT2D eigenvalue weighted by atomic mass is 19.1. The molecular weight excluding hydrogens is 508 g/mol. The zero-order valence-electron chi connectivity index (χ0n) is 21.9. The number of hydrogen-bond acceptors (Lipinski definition) is 4. The van der Waals surface area contributed by atoms with Gasteiger partial charge in [-0.25, -0.2) is 18.4 Å². The Bertz CT molecular complexity index is 1720. The number of nitrogens with zero attached hydrogens (tertiary/aromatic N) is 4. The van der Waals surface area contributed by atoms with E-state index in [0.29, 0.717) is 5.82 Å². The van der Waals surface area contributed by atoms with Gasteiger partial charge in [0.15, 0.2) is 0 Å². The van der Waals surface area contributed by atoms with Crippen LogP contribution in [0.5, 0.6) is 0 Å². The van der Waals surface area contributed by atoms with Gasteiger partial charge < -0.3 is 5.32 Å². The molecule has 40 heavy (non-hydrogen) atoms. The minimum atomic E-state index is -0.445. The van der Waals surface area contributed by atoms with Crippen molar-refractivity contribution < 1.29 is 13.6 Å². The number of pyridine rings is 1. The topological polar surface area (TPSA) is 63.1 Å². The molecule has 1 amide bonds. The lowest BCUT2D eigenvalue weighted by Crippen LogP contribution is -2.33. The number of nitrogens with one attached hydrogen (secondary N) is 1. The predicted molar refractivity (Wildman–Crippen MR) is 149 cm³/mol. The van der Waals surface area contributed by atoms with Crippen LogP contribution in [0.15, 0.2) is 91.3 Å². The maximum atomic E-state index is 13.6. The quantitative estimate of drug-likeness (QED) is 0.306. The van der Waals surface area contributed by atoms with Crippen molar-refractivity contribution in [1.82, 2.24) is 19.7 Å². The smallest absolute Gasteiger partial charge is 0.229 e. The standard InChI is InChI=1S/C32H27F2N5O/c1-20-13-28-22(15-36-39(28)25-10-7-23(33)8-11-25)14-26(20)32-19-38(17-21-5-3-2-4-6-21)18-27(32)30(32)31(40)37-29-12-9-24(34)16-35-29/h2-16,27,30H,17-19H2,1H3,(H,35,37,40). The number of piperidine rings is 1. The van der Waals surface area contributed by atoms with Gasteiger partial charge in [0, 0.05) is 30.4 Å². The van der Waals surface area contributed by atoms with Crippen LogP contribution in [0.25, 0.3) is 16.6 Å². The van der Waals surface area contributed by atoms with Crippen LogP contribution in [-0.2, 0) is 16.8 Å². The van der Waals surface area contributed by atoms with Gasteiger partial charge >= 0.3 is 0 Å². The number of carbonyl (C=O) groups excluding carboxylic acids is 1. The van der Waals surface area contributed by atoms with Crippen molar-refractivity contribution in [1.29, 1.82) is 0 Å². The predicted octanol–water partition coefficient (Wildman–Crippen LogP) is 5.65. The molecule has 3 aromatic carbocycles. The van der Waals surface area contributed by atoms with Crippen molar-refractivity contribution in [2.75, 3.05) is 18.4 Å². The number of carbonyl (C=O) groups is 1. The zero-order valence-corrected chi connectivity index (χ0v) is 21.9. The third-order valence-electron chi connectivity index (χ3n) is 8.45. The Kier molecular flexibility index (Phi) is 5.75. The summed E-state index contributed by atoms with van der Waals surface area (Å²) in [4.78, 5) is 20.1. The molecule has 6 nitrogen and oxygen atoms in total. The number of benzene rings is 3. The average molecular weight is 536 g/mol. The first-order valence-electron chi connectivity index (χ1n) is 13.4. The van der Waals surface area contributed by atoms with Crippen LogP contribution in [0.2, 0.25) is 0 Å². The minimum Gasteiger partial charge on any atom is -0.310 e. The summed E-state index contributed by atoms with van der Waals surface area (Å²) < 4.78 is 28.7. The molecule has 2 fully saturated rings. The summed E-state index contributed by atoms with van der Waals surface area (Å²) in [7, 11) is 0. The molecule has 200 valence electrons. The Morgan fingerprint density at radius 3 is 2.52 bits per heavy atom. The van der Waals surface area contributed by atoms with Gasteiger partial charge in [0.05, 0.1) is 29.5 Å². The molecule has 1 N–H and O–H groups in total. The van der Waals surface area contributed by atoms with E-state index in [9.17, 15) is 13.6 Å². The Morgan fingerprint density at radius 1 is 1.00 bits per heavy atom. The fourth-order valence-electron chi connectivity index (χ4n) is 6.67. The molecule has 0 spiro atoms. The van der Waals surface area contributed by atoms with E-state index in [-0.39, 0.29) is 29.0 Å². The zero-order chi connectivity index (χ0) is 27.4. The Hall–Kier alpha value is -4.43. The lowest BCUT2D eigenvalue weighted by atomic mass is 9.87. The van der Waals surface area contributed by atoms with Crippen molar-refractivity contribution >= 4 is 22.6 Å². The number of anilines is 1. The normalized spacial score (nSPS) is 21.9. The van der Waals surface area contributed by atoms with Gasteiger partial charge in [-0.3, -0.25) is 9.69 Å². The van der Waals surface area contributed by atoms with Crippen molar-refractivity contribution in [3.05, 3.63) is 120 Å². The third-order valence-corrected chi connectivity index (χ3v) is 8.45. The molecule has 1 saturated carbocycles. The molecular formula is C32H27F2N5O. The number of amides is 1. The molecule has 3 atom stereocenters. The number of hydrogen-bond donors (Lipinski definition) is 1. The largest absolute Gasteiger partial charge is 0.310 e. The van der Waals surface area contributed by atoms with E-state index >= 15 is 0 Å². The monoisotopic (exact) mass is 535 g/mol. The van der Waals surface area contributed by atoms with E-state index in [1.54, 1.807) is 12.1 Å². The van der Waals surface area contributed by atoms with Gasteiger partial charge in [0.2, 0.25) is 5.91 Å². The van der Waals surface area contributed by atoms with Crippen LogP contribution in [0.1, 0.15) is 16.7 Å². The summed E-state index contributed by atoms with van der Waals surface area (Å²) in [6, 6.07) is 23.7. The van der Waals surface area contributed by atoms with E-state index in [0.717, 1.165) is 53.5 Å². The van der Waals surface area contributed by atoms with Crippen LogP contribution in [-0.4, -0.2) is 38.7 Å². The first kappa shape index (κ1) is 24.6. The summed E-state index contributed by atoms with van der Waals surface area (Å²) in [5.41, 5.74) is 4.82. The summed E-state index contributed by atoms with van der Waals surface area (Å²) in [5, 5.41) is 8.48. The molecule has 0 radical (unpaired) electrons. The van der Waals surface area contributed by atoms with Gasteiger partial charge in [-0.1, -0.05) is 30.3 Å². The SMILES string of the molecule is Cc1cc2c(cnn2-c2ccc(F)cc2)cc1C12CN(Cc3ccccc3)CC1C2C(=O)Nc1ccc(F)cn1. The minimum absolute atomic E-state index is 0.0926. The third kappa shape index (κ3) is 4.07. The molecule has 7 rings (SSSR count). The lowest BCUT2D eigenvalue weighted by molar-refractivity contribution is -0.118. The van der Waals surface area contributed by atoms with Gasteiger partial charge in [0.25, 0.3) is 0 Å². The van der Waals surface area contributed by atoms with Crippen LogP contribution in [0, 0.1) is 30.4 Å². The second-order valence-corrected chi connectivity index (χ2v) is 10.9. The first-order valence-corrected chi connectivity index (χ1v) is 13.4. The summed E-state index contributed by atoms with van der Waals surface area (Å²) >= 11 is 0. The second-order valence-electron chi connectivity index (χ2n) is 10.9. The summed E-state index contributed by atoms with van der Waals surface area (Å²) in [6.07, 6.45) is 2.93. The molecule has 2 aromatic heterocycles. The van der Waals surface area contributed by atoms with E-state index in [2.05, 4.69) is 51.5 Å². The number of likely N-dealkylation sites (tertiary alicyclic amines) is 1. The van der Waals surface area contributed by atoms with Crippen molar-refractivity contribution in [2.45, 2.75) is 18.9 Å². The van der Waals surface area contributed by atoms with E-state index in [1.807, 2.05) is 29.1 Å². The summed E-state index contributed by atoms with van der Waals surface area (Å²) in [6.45, 7) is 4.45. The number of aromatic nitrogens is 3. The lowest BCUT2D eigenvalue weighted by Gasteiger charge is -2.25. The van der Waals surface area contributed by atoms with Crippen LogP contribution >= 0.6 is 0 Å². The van der Waals surface area contributed by atoms with Gasteiger partial charge in [-0.05, 0) is 78.1 Å². The number of aryl methyl sites for hydroxylation is 1. The van der Waals surface area contributed by atoms with E-state index in [4.69, 9.17) is 0 Å². The fraction of sp³-hybridized carbons (Fsp3) is 0.219. The molecule has 1 aliphatic heterocycles. The van der Waals surface area contributed by atoms with Gasteiger partial charge in [0.1, 0.15) is 17.5 Å². The highest BCUT2D eigenvalue weighted by Crippen LogP contribution is 2.65. The van der Waals surface area contributed by atoms with Crippen molar-refractivity contribution in [3.63, 3.8) is 0 Å². The van der Waals surface area contributed by atoms with Gasteiger partial charge in [-0.2, -0.15) is 5.10 Å². The fourth-order valence-corrected chi connectivity index (χ4v) is 6.67. The molecule has 3 unspecified atom stereocenters. The number of fused-ring (bicyclic) bond motifs is 2. The number of rotatable bonds is 6. The maximum absolute atomic E-state index is 13.6. The van der Waals surface area contributed by atoms with E-state index in [1.165, 1.54) is 29.8 Å². The molecule has 8 heteroatoms. The summed E-state index contributed by atoms with van der Waals surface area (Å²) in [5.74, 6) is -0.571. The van der Waals surface area contributed by atoms with Gasteiger partial charge in [-0.15, -0.1) is 0 Å². The Morgan fingerprint density at radius 2 is 1.77 bits per heavy atom. The van der Waals surface area contributed by atoms with E-state index < -0.39 is 5.82 Å². The molecule has 5 aromatic rings. The van der Waals surface area contributed by atoms with Crippen LogP contribution < -0.4 is 5.32 Å². The van der Waals surface area contributed by atoms with Crippen molar-refractivity contribution in [3.8, 4) is 5.69 Å². The molecule has 1 saturated heterocycles. The van der Waals surface area contributed by atoms with Crippen molar-refractivity contribution in [2.24, 2.45) is 11.8 Å². The van der Waals surface area contributed by atoms with Crippen LogP contribution in [0.4, 0.5) is 14.6 Å². The number of halogens is 2. The second kappa shape index (κ2) is 9.34. The Balaban J connectivity index is 1.24. The van der Waals surface area contributed by atoms with Crippen LogP contribution in [0.3, 0.4) is 0 Å². The average Bonchev–Trinajstić information content (AvgIpc) is 3.20. The Labute approximate surface area is 230 Å². The highest BCUT2D eigenvalue weighted by Gasteiger charge is 2.72. The molecule has 3 heterocycles. The first-order chi connectivity index (χ1) is 19.4. The maximum Gasteiger partial charge on any atom is 0.229 e. The molecule has 1 aliphatic carbocycles. The highest BCUT2D eigenvalue weighted by molar-refractivity contribution is 5.97. The molecule has 2 aliphatic rings. The molecule has 0 bridgehead atoms.